The lowest BCUT2D eigenvalue weighted by atomic mass is 10.1. The first-order valence-electron chi connectivity index (χ1n) is 11.0. The van der Waals surface area contributed by atoms with Gasteiger partial charge in [0.1, 0.15) is 0 Å². The average molecular weight is 463 g/mol. The summed E-state index contributed by atoms with van der Waals surface area (Å²) in [5.74, 6) is -0.200. The maximum Gasteiger partial charge on any atom is 0.323 e. The first-order valence-corrected chi connectivity index (χ1v) is 11.4. The first-order chi connectivity index (χ1) is 15.9. The Morgan fingerprint density at radius 1 is 0.818 bits per heavy atom. The van der Waals surface area contributed by atoms with Crippen molar-refractivity contribution in [2.24, 2.45) is 0 Å². The molecular weight excluding hydrogens is 436 g/mol. The molecule has 170 valence electrons. The number of hydrogen-bond donors (Lipinski definition) is 3. The molecule has 0 unspecified atom stereocenters. The Kier molecular flexibility index (Phi) is 6.84. The largest absolute Gasteiger partial charge is 0.370 e. The minimum absolute atomic E-state index is 0.200. The predicted molar refractivity (Wildman–Crippen MR) is 136 cm³/mol. The Labute approximate surface area is 198 Å². The van der Waals surface area contributed by atoms with Gasteiger partial charge in [-0.25, -0.2) is 4.79 Å². The van der Waals surface area contributed by atoms with Crippen LogP contribution in [0.15, 0.2) is 60.7 Å². The zero-order valence-electron chi connectivity index (χ0n) is 18.7. The quantitative estimate of drug-likeness (QED) is 0.407. The van der Waals surface area contributed by atoms with Crippen LogP contribution in [0.4, 0.5) is 27.5 Å². The fourth-order valence-electron chi connectivity index (χ4n) is 3.86. The summed E-state index contributed by atoms with van der Waals surface area (Å²) in [6, 6.07) is 18.0. The Morgan fingerprint density at radius 2 is 1.52 bits per heavy atom. The minimum atomic E-state index is -0.372. The SMILES string of the molecule is Cc1ccc(C(=O)Nc2ccc(N3CCCC3)c(NC(=O)Nc3cc(Cl)ccc3C)c2)cc1. The van der Waals surface area contributed by atoms with E-state index in [1.54, 1.807) is 30.3 Å². The van der Waals surface area contributed by atoms with Crippen LogP contribution >= 0.6 is 11.6 Å². The van der Waals surface area contributed by atoms with E-state index in [1.165, 1.54) is 0 Å². The number of nitrogens with zero attached hydrogens (tertiary/aromatic N) is 1. The molecule has 1 aliphatic heterocycles. The smallest absolute Gasteiger partial charge is 0.323 e. The number of rotatable bonds is 5. The van der Waals surface area contributed by atoms with Gasteiger partial charge in [0.15, 0.2) is 0 Å². The number of amides is 3. The third kappa shape index (κ3) is 5.65. The summed E-state index contributed by atoms with van der Waals surface area (Å²) in [5.41, 5.74) is 5.40. The van der Waals surface area contributed by atoms with Crippen molar-refractivity contribution in [2.75, 3.05) is 33.9 Å². The molecule has 3 aromatic rings. The lowest BCUT2D eigenvalue weighted by molar-refractivity contribution is 0.102. The highest BCUT2D eigenvalue weighted by Crippen LogP contribution is 2.32. The van der Waals surface area contributed by atoms with Gasteiger partial charge in [0.25, 0.3) is 5.91 Å². The molecule has 0 bridgehead atoms. The summed E-state index contributed by atoms with van der Waals surface area (Å²) in [7, 11) is 0. The molecule has 1 fully saturated rings. The summed E-state index contributed by atoms with van der Waals surface area (Å²) >= 11 is 6.08. The second-order valence-electron chi connectivity index (χ2n) is 8.28. The van der Waals surface area contributed by atoms with Crippen LogP contribution in [0.2, 0.25) is 5.02 Å². The van der Waals surface area contributed by atoms with Crippen LogP contribution in [0.5, 0.6) is 0 Å². The highest BCUT2D eigenvalue weighted by molar-refractivity contribution is 6.31. The number of urea groups is 1. The maximum atomic E-state index is 12.8. The van der Waals surface area contributed by atoms with Crippen LogP contribution in [-0.2, 0) is 0 Å². The minimum Gasteiger partial charge on any atom is -0.370 e. The maximum absolute atomic E-state index is 12.8. The summed E-state index contributed by atoms with van der Waals surface area (Å²) in [4.78, 5) is 27.7. The molecule has 4 rings (SSSR count). The molecule has 0 spiro atoms. The van der Waals surface area contributed by atoms with Gasteiger partial charge in [-0.15, -0.1) is 0 Å². The summed E-state index contributed by atoms with van der Waals surface area (Å²) < 4.78 is 0. The fraction of sp³-hybridized carbons (Fsp3) is 0.231. The number of aryl methyl sites for hydroxylation is 2. The van der Waals surface area contributed by atoms with E-state index in [0.717, 1.165) is 42.7 Å². The predicted octanol–water partition coefficient (Wildman–Crippen LogP) is 6.45. The molecule has 0 saturated carbocycles. The summed E-state index contributed by atoms with van der Waals surface area (Å²) in [6.45, 7) is 5.74. The second kappa shape index (κ2) is 9.96. The van der Waals surface area contributed by atoms with Gasteiger partial charge < -0.3 is 20.9 Å². The molecule has 0 aliphatic carbocycles. The zero-order chi connectivity index (χ0) is 23.4. The van der Waals surface area contributed by atoms with Crippen molar-refractivity contribution in [2.45, 2.75) is 26.7 Å². The molecule has 3 aromatic carbocycles. The molecule has 1 aliphatic rings. The second-order valence-corrected chi connectivity index (χ2v) is 8.72. The van der Waals surface area contributed by atoms with Gasteiger partial charge in [-0.2, -0.15) is 0 Å². The molecule has 1 saturated heterocycles. The van der Waals surface area contributed by atoms with Gasteiger partial charge in [-0.1, -0.05) is 35.4 Å². The van der Waals surface area contributed by atoms with Crippen LogP contribution in [0.1, 0.15) is 34.3 Å². The van der Waals surface area contributed by atoms with Crippen molar-refractivity contribution >= 4 is 46.3 Å². The summed E-state index contributed by atoms with van der Waals surface area (Å²) in [6.07, 6.45) is 2.22. The first kappa shape index (κ1) is 22.7. The fourth-order valence-corrected chi connectivity index (χ4v) is 4.03. The molecule has 0 atom stereocenters. The standard InChI is InChI=1S/C26H27ClN4O2/c1-17-5-8-19(9-6-17)25(32)28-21-11-12-24(31-13-3-4-14-31)23(16-21)30-26(33)29-22-15-20(27)10-7-18(22)2/h5-12,15-16H,3-4,13-14H2,1-2H3,(H,28,32)(H2,29,30,33). The van der Waals surface area contributed by atoms with Crippen LogP contribution in [0, 0.1) is 13.8 Å². The number of benzene rings is 3. The number of carbonyl (C=O) groups excluding carboxylic acids is 2. The van der Waals surface area contributed by atoms with E-state index in [4.69, 9.17) is 11.6 Å². The van der Waals surface area contributed by atoms with E-state index in [0.29, 0.717) is 27.6 Å². The number of nitrogens with one attached hydrogen (secondary N) is 3. The highest BCUT2D eigenvalue weighted by atomic mass is 35.5. The molecule has 6 nitrogen and oxygen atoms in total. The third-order valence-electron chi connectivity index (χ3n) is 5.71. The lowest BCUT2D eigenvalue weighted by Crippen LogP contribution is -2.24. The van der Waals surface area contributed by atoms with Gasteiger partial charge in [-0.3, -0.25) is 4.79 Å². The molecular formula is C26H27ClN4O2. The molecule has 33 heavy (non-hydrogen) atoms. The Balaban J connectivity index is 1.56. The van der Waals surface area contributed by atoms with E-state index < -0.39 is 0 Å². The zero-order valence-corrected chi connectivity index (χ0v) is 19.5. The van der Waals surface area contributed by atoms with Crippen LogP contribution in [-0.4, -0.2) is 25.0 Å². The summed E-state index contributed by atoms with van der Waals surface area (Å²) in [5, 5.41) is 9.30. The number of anilines is 4. The normalized spacial score (nSPS) is 13.0. The van der Waals surface area contributed by atoms with Crippen LogP contribution < -0.4 is 20.9 Å². The van der Waals surface area contributed by atoms with E-state index in [1.807, 2.05) is 44.2 Å². The van der Waals surface area contributed by atoms with Crippen molar-refractivity contribution in [3.8, 4) is 0 Å². The van der Waals surface area contributed by atoms with E-state index >= 15 is 0 Å². The van der Waals surface area contributed by atoms with Crippen LogP contribution in [0.25, 0.3) is 0 Å². The molecule has 0 radical (unpaired) electrons. The van der Waals surface area contributed by atoms with E-state index in [-0.39, 0.29) is 11.9 Å². The molecule has 3 N–H and O–H groups in total. The molecule has 1 heterocycles. The average Bonchev–Trinajstić information content (AvgIpc) is 3.31. The van der Waals surface area contributed by atoms with Crippen molar-refractivity contribution in [1.29, 1.82) is 0 Å². The van der Waals surface area contributed by atoms with Crippen molar-refractivity contribution in [3.05, 3.63) is 82.4 Å². The monoisotopic (exact) mass is 462 g/mol. The Morgan fingerprint density at radius 3 is 2.24 bits per heavy atom. The van der Waals surface area contributed by atoms with Crippen molar-refractivity contribution < 1.29 is 9.59 Å². The van der Waals surface area contributed by atoms with Gasteiger partial charge in [-0.05, 0) is 74.7 Å². The number of hydrogen-bond acceptors (Lipinski definition) is 3. The van der Waals surface area contributed by atoms with Gasteiger partial charge >= 0.3 is 6.03 Å². The van der Waals surface area contributed by atoms with E-state index in [9.17, 15) is 9.59 Å². The van der Waals surface area contributed by atoms with Gasteiger partial charge in [0, 0.05) is 35.1 Å². The van der Waals surface area contributed by atoms with E-state index in [2.05, 4.69) is 20.9 Å². The Hall–Kier alpha value is -3.51. The van der Waals surface area contributed by atoms with Gasteiger partial charge in [0.2, 0.25) is 0 Å². The van der Waals surface area contributed by atoms with Crippen molar-refractivity contribution in [3.63, 3.8) is 0 Å². The third-order valence-corrected chi connectivity index (χ3v) is 5.95. The molecule has 3 amide bonds. The molecule has 0 aromatic heterocycles. The number of halogens is 1. The molecule has 7 heteroatoms. The number of carbonyl (C=O) groups is 2. The van der Waals surface area contributed by atoms with Crippen LogP contribution in [0.3, 0.4) is 0 Å². The highest BCUT2D eigenvalue weighted by Gasteiger charge is 2.18. The van der Waals surface area contributed by atoms with Gasteiger partial charge in [0.05, 0.1) is 11.4 Å². The lowest BCUT2D eigenvalue weighted by Gasteiger charge is -2.23. The van der Waals surface area contributed by atoms with Crippen molar-refractivity contribution in [1.82, 2.24) is 0 Å². The Bertz CT molecular complexity index is 1170. The topological polar surface area (TPSA) is 73.5 Å².